The van der Waals surface area contributed by atoms with Crippen LogP contribution in [-0.4, -0.2) is 50.0 Å². The van der Waals surface area contributed by atoms with Gasteiger partial charge in [-0.1, -0.05) is 74.2 Å². The van der Waals surface area contributed by atoms with Crippen LogP contribution in [0.3, 0.4) is 0 Å². The largest absolute Gasteiger partial charge is 0.352 e. The summed E-state index contributed by atoms with van der Waals surface area (Å²) in [6.07, 6.45) is 6.79. The highest BCUT2D eigenvalue weighted by atomic mass is 32.2. The number of carbonyl (C=O) groups excluding carboxylic acids is 2. The van der Waals surface area contributed by atoms with E-state index in [4.69, 9.17) is 0 Å². The first kappa shape index (κ1) is 27.7. The van der Waals surface area contributed by atoms with Crippen molar-refractivity contribution in [3.63, 3.8) is 0 Å². The number of aryl methyl sites for hydroxylation is 2. The molecular formula is C28H39N3O4S. The topological polar surface area (TPSA) is 86.8 Å². The Labute approximate surface area is 215 Å². The standard InChI is InChI=1S/C28H39N3O4S/c1-5-25(28(33)29-24-12-7-6-8-13-24)30(19-23-17-15-21(2)16-18-23)27(32)20-31(36(4,34)35)26-14-10-9-11-22(26)3/h9-11,14-18,24-25H,5-8,12-13,19-20H2,1-4H3,(H,29,33)/t25-/m1/s1. The molecule has 2 aromatic rings. The molecule has 0 aromatic heterocycles. The van der Waals surface area contributed by atoms with Gasteiger partial charge < -0.3 is 10.2 Å². The predicted molar refractivity (Wildman–Crippen MR) is 144 cm³/mol. The molecular weight excluding hydrogens is 474 g/mol. The first-order valence-corrected chi connectivity index (χ1v) is 14.6. The van der Waals surface area contributed by atoms with Crippen LogP contribution in [0.1, 0.15) is 62.1 Å². The van der Waals surface area contributed by atoms with E-state index >= 15 is 0 Å². The molecule has 1 fully saturated rings. The van der Waals surface area contributed by atoms with Crippen LogP contribution in [0.15, 0.2) is 48.5 Å². The highest BCUT2D eigenvalue weighted by Crippen LogP contribution is 2.24. The number of sulfonamides is 1. The lowest BCUT2D eigenvalue weighted by Gasteiger charge is -2.34. The summed E-state index contributed by atoms with van der Waals surface area (Å²) in [6, 6.07) is 14.3. The Morgan fingerprint density at radius 3 is 2.22 bits per heavy atom. The predicted octanol–water partition coefficient (Wildman–Crippen LogP) is 4.33. The molecule has 1 aliphatic rings. The number of hydrogen-bond acceptors (Lipinski definition) is 4. The quantitative estimate of drug-likeness (QED) is 0.512. The van der Waals surface area contributed by atoms with Crippen molar-refractivity contribution >= 4 is 27.5 Å². The average molecular weight is 514 g/mol. The molecule has 1 atom stereocenters. The summed E-state index contributed by atoms with van der Waals surface area (Å²) in [6.45, 7) is 5.54. The lowest BCUT2D eigenvalue weighted by Crippen LogP contribution is -2.54. The summed E-state index contributed by atoms with van der Waals surface area (Å²) in [5.41, 5.74) is 3.20. The zero-order valence-corrected chi connectivity index (χ0v) is 22.7. The Morgan fingerprint density at radius 2 is 1.64 bits per heavy atom. The summed E-state index contributed by atoms with van der Waals surface area (Å²) in [7, 11) is -3.74. The fourth-order valence-corrected chi connectivity index (χ4v) is 5.70. The van der Waals surface area contributed by atoms with Crippen LogP contribution in [0.25, 0.3) is 0 Å². The van der Waals surface area contributed by atoms with E-state index in [2.05, 4.69) is 5.32 Å². The lowest BCUT2D eigenvalue weighted by molar-refractivity contribution is -0.140. The second kappa shape index (κ2) is 12.4. The first-order valence-electron chi connectivity index (χ1n) is 12.8. The van der Waals surface area contributed by atoms with E-state index in [-0.39, 0.29) is 25.0 Å². The maximum absolute atomic E-state index is 13.8. The van der Waals surface area contributed by atoms with Crippen molar-refractivity contribution in [3.8, 4) is 0 Å². The molecule has 196 valence electrons. The number of nitrogens with one attached hydrogen (secondary N) is 1. The fourth-order valence-electron chi connectivity index (χ4n) is 4.79. The molecule has 1 aliphatic carbocycles. The number of benzene rings is 2. The Kier molecular flexibility index (Phi) is 9.54. The Balaban J connectivity index is 1.91. The van der Waals surface area contributed by atoms with Crippen LogP contribution in [0.2, 0.25) is 0 Å². The number of anilines is 1. The SMILES string of the molecule is CC[C@H](C(=O)NC1CCCCC1)N(Cc1ccc(C)cc1)C(=O)CN(c1ccccc1C)S(C)(=O)=O. The molecule has 0 aliphatic heterocycles. The summed E-state index contributed by atoms with van der Waals surface area (Å²) in [5.74, 6) is -0.582. The van der Waals surface area contributed by atoms with E-state index in [9.17, 15) is 18.0 Å². The number of rotatable bonds is 10. The van der Waals surface area contributed by atoms with Crippen molar-refractivity contribution in [2.45, 2.75) is 77.9 Å². The molecule has 1 N–H and O–H groups in total. The second-order valence-corrected chi connectivity index (χ2v) is 11.7. The van der Waals surface area contributed by atoms with Crippen LogP contribution in [0, 0.1) is 13.8 Å². The molecule has 0 unspecified atom stereocenters. The van der Waals surface area contributed by atoms with Crippen LogP contribution >= 0.6 is 0 Å². The molecule has 0 radical (unpaired) electrons. The maximum atomic E-state index is 13.8. The van der Waals surface area contributed by atoms with Crippen LogP contribution in [0.5, 0.6) is 0 Å². The minimum Gasteiger partial charge on any atom is -0.352 e. The van der Waals surface area contributed by atoms with Gasteiger partial charge in [-0.2, -0.15) is 0 Å². The Hall–Kier alpha value is -2.87. The minimum absolute atomic E-state index is 0.121. The van der Waals surface area contributed by atoms with E-state index in [0.717, 1.165) is 52.9 Å². The third-order valence-electron chi connectivity index (χ3n) is 6.87. The van der Waals surface area contributed by atoms with Gasteiger partial charge in [0.1, 0.15) is 12.6 Å². The molecule has 1 saturated carbocycles. The van der Waals surface area contributed by atoms with Gasteiger partial charge in [0.05, 0.1) is 11.9 Å². The van der Waals surface area contributed by atoms with E-state index in [0.29, 0.717) is 12.1 Å². The van der Waals surface area contributed by atoms with Crippen molar-refractivity contribution in [3.05, 3.63) is 65.2 Å². The summed E-state index contributed by atoms with van der Waals surface area (Å²) < 4.78 is 26.6. The number of hydrogen-bond donors (Lipinski definition) is 1. The van der Waals surface area contributed by atoms with Crippen molar-refractivity contribution < 1.29 is 18.0 Å². The molecule has 0 spiro atoms. The van der Waals surface area contributed by atoms with Gasteiger partial charge in [0.15, 0.2) is 0 Å². The highest BCUT2D eigenvalue weighted by Gasteiger charge is 2.33. The van der Waals surface area contributed by atoms with Crippen molar-refractivity contribution in [1.82, 2.24) is 10.2 Å². The molecule has 2 amide bonds. The van der Waals surface area contributed by atoms with Gasteiger partial charge in [0.25, 0.3) is 0 Å². The minimum atomic E-state index is -3.74. The summed E-state index contributed by atoms with van der Waals surface area (Å²) >= 11 is 0. The van der Waals surface area contributed by atoms with Crippen molar-refractivity contribution in [2.24, 2.45) is 0 Å². The van der Waals surface area contributed by atoms with Gasteiger partial charge in [-0.3, -0.25) is 13.9 Å². The lowest BCUT2D eigenvalue weighted by atomic mass is 9.95. The van der Waals surface area contributed by atoms with Crippen molar-refractivity contribution in [1.29, 1.82) is 0 Å². The Bertz CT molecular complexity index is 1140. The molecule has 2 aromatic carbocycles. The van der Waals surface area contributed by atoms with Crippen LogP contribution in [-0.2, 0) is 26.2 Å². The van der Waals surface area contributed by atoms with Crippen LogP contribution < -0.4 is 9.62 Å². The Morgan fingerprint density at radius 1 is 1.00 bits per heavy atom. The molecule has 0 saturated heterocycles. The van der Waals surface area contributed by atoms with Crippen LogP contribution in [0.4, 0.5) is 5.69 Å². The third-order valence-corrected chi connectivity index (χ3v) is 8.00. The molecule has 36 heavy (non-hydrogen) atoms. The van der Waals surface area contributed by atoms with Gasteiger partial charge >= 0.3 is 0 Å². The first-order chi connectivity index (χ1) is 17.1. The number of amides is 2. The monoisotopic (exact) mass is 513 g/mol. The maximum Gasteiger partial charge on any atom is 0.244 e. The zero-order chi connectivity index (χ0) is 26.3. The smallest absolute Gasteiger partial charge is 0.244 e. The van der Waals surface area contributed by atoms with Gasteiger partial charge in [0, 0.05) is 12.6 Å². The number of para-hydroxylation sites is 1. The zero-order valence-electron chi connectivity index (χ0n) is 21.9. The third kappa shape index (κ3) is 7.32. The number of nitrogens with zero attached hydrogens (tertiary/aromatic N) is 2. The molecule has 7 nitrogen and oxygen atoms in total. The average Bonchev–Trinajstić information content (AvgIpc) is 2.84. The molecule has 0 heterocycles. The van der Waals surface area contributed by atoms with Gasteiger partial charge in [-0.25, -0.2) is 8.42 Å². The van der Waals surface area contributed by atoms with Gasteiger partial charge in [-0.15, -0.1) is 0 Å². The van der Waals surface area contributed by atoms with E-state index < -0.39 is 22.0 Å². The summed E-state index contributed by atoms with van der Waals surface area (Å²) in [5, 5.41) is 3.16. The number of carbonyl (C=O) groups is 2. The summed E-state index contributed by atoms with van der Waals surface area (Å²) in [4.78, 5) is 28.7. The molecule has 3 rings (SSSR count). The van der Waals surface area contributed by atoms with E-state index in [1.807, 2.05) is 57.2 Å². The normalized spacial score (nSPS) is 15.2. The van der Waals surface area contributed by atoms with Gasteiger partial charge in [-0.05, 0) is 50.3 Å². The van der Waals surface area contributed by atoms with Gasteiger partial charge in [0.2, 0.25) is 21.8 Å². The molecule has 0 bridgehead atoms. The highest BCUT2D eigenvalue weighted by molar-refractivity contribution is 7.92. The van der Waals surface area contributed by atoms with E-state index in [1.54, 1.807) is 17.0 Å². The fraction of sp³-hybridized carbons (Fsp3) is 0.500. The second-order valence-electron chi connectivity index (χ2n) is 9.83. The van der Waals surface area contributed by atoms with E-state index in [1.165, 1.54) is 6.42 Å². The molecule has 8 heteroatoms. The van der Waals surface area contributed by atoms with Crippen molar-refractivity contribution in [2.75, 3.05) is 17.1 Å².